The Balaban J connectivity index is 1.96. The van der Waals surface area contributed by atoms with Gasteiger partial charge in [0.2, 0.25) is 5.91 Å². The van der Waals surface area contributed by atoms with Crippen LogP contribution in [0.4, 0.5) is 5.69 Å². The van der Waals surface area contributed by atoms with Crippen molar-refractivity contribution in [3.63, 3.8) is 0 Å². The third kappa shape index (κ3) is 6.06. The van der Waals surface area contributed by atoms with Gasteiger partial charge in [-0.25, -0.2) is 4.99 Å². The minimum atomic E-state index is -0.535. The molecule has 0 saturated carbocycles. The van der Waals surface area contributed by atoms with Gasteiger partial charge in [-0.2, -0.15) is 0 Å². The highest BCUT2D eigenvalue weighted by molar-refractivity contribution is 5.97. The van der Waals surface area contributed by atoms with E-state index in [1.165, 1.54) is 0 Å². The van der Waals surface area contributed by atoms with E-state index in [1.807, 2.05) is 58.0 Å². The van der Waals surface area contributed by atoms with Crippen LogP contribution >= 0.6 is 0 Å². The van der Waals surface area contributed by atoms with Gasteiger partial charge in [0.1, 0.15) is 12.1 Å². The lowest BCUT2D eigenvalue weighted by atomic mass is 10.2. The molecule has 1 fully saturated rings. The number of carbonyl (C=O) groups excluding carboxylic acids is 2. The number of carbonyl (C=O) groups is 2. The first kappa shape index (κ1) is 19.8. The molecule has 142 valence electrons. The van der Waals surface area contributed by atoms with Crippen molar-refractivity contribution in [1.29, 1.82) is 0 Å². The molecular formula is C19H28N4O3. The molecule has 0 bridgehead atoms. The monoisotopic (exact) mass is 360 g/mol. The summed E-state index contributed by atoms with van der Waals surface area (Å²) in [6.45, 7) is 8.54. The molecule has 1 aliphatic rings. The summed E-state index contributed by atoms with van der Waals surface area (Å²) in [7, 11) is 0. The van der Waals surface area contributed by atoms with Crippen LogP contribution in [0.3, 0.4) is 0 Å². The molecule has 7 heteroatoms. The second-order valence-electron chi connectivity index (χ2n) is 7.17. The van der Waals surface area contributed by atoms with Crippen LogP contribution in [0, 0.1) is 0 Å². The number of hydrogen-bond donors (Lipinski definition) is 2. The van der Waals surface area contributed by atoms with Crippen molar-refractivity contribution in [1.82, 2.24) is 10.6 Å². The Hall–Kier alpha value is -2.57. The lowest BCUT2D eigenvalue weighted by Crippen LogP contribution is -2.45. The van der Waals surface area contributed by atoms with Crippen LogP contribution in [0.15, 0.2) is 35.3 Å². The lowest BCUT2D eigenvalue weighted by Gasteiger charge is -2.20. The second kappa shape index (κ2) is 8.69. The first-order chi connectivity index (χ1) is 12.3. The van der Waals surface area contributed by atoms with Crippen LogP contribution in [0.5, 0.6) is 0 Å². The third-order valence-corrected chi connectivity index (χ3v) is 3.66. The van der Waals surface area contributed by atoms with Crippen LogP contribution in [0.25, 0.3) is 0 Å². The topological polar surface area (TPSA) is 83.0 Å². The SMILES string of the molecule is CCNC(=NCC(=O)OC(C)(C)C)NC1CC(=O)N(c2ccccc2)C1. The molecule has 0 radical (unpaired) electrons. The Kier molecular flexibility index (Phi) is 6.60. The quantitative estimate of drug-likeness (QED) is 0.474. The van der Waals surface area contributed by atoms with Gasteiger partial charge in [-0.3, -0.25) is 9.59 Å². The zero-order chi connectivity index (χ0) is 19.2. The zero-order valence-corrected chi connectivity index (χ0v) is 15.9. The Morgan fingerprint density at radius 1 is 1.31 bits per heavy atom. The average molecular weight is 360 g/mol. The number of para-hydroxylation sites is 1. The number of anilines is 1. The van der Waals surface area contributed by atoms with Gasteiger partial charge in [0, 0.05) is 25.2 Å². The number of aliphatic imine (C=N–C) groups is 1. The van der Waals surface area contributed by atoms with Gasteiger partial charge in [-0.15, -0.1) is 0 Å². The summed E-state index contributed by atoms with van der Waals surface area (Å²) in [6.07, 6.45) is 0.381. The van der Waals surface area contributed by atoms with E-state index in [2.05, 4.69) is 15.6 Å². The molecule has 0 spiro atoms. The van der Waals surface area contributed by atoms with Crippen molar-refractivity contribution in [2.24, 2.45) is 4.99 Å². The van der Waals surface area contributed by atoms with Crippen molar-refractivity contribution in [2.45, 2.75) is 45.8 Å². The fourth-order valence-corrected chi connectivity index (χ4v) is 2.69. The zero-order valence-electron chi connectivity index (χ0n) is 15.9. The Morgan fingerprint density at radius 2 is 2.00 bits per heavy atom. The number of hydrogen-bond acceptors (Lipinski definition) is 4. The highest BCUT2D eigenvalue weighted by Gasteiger charge is 2.31. The Bertz CT molecular complexity index is 652. The van der Waals surface area contributed by atoms with Crippen LogP contribution in [-0.2, 0) is 14.3 Å². The number of nitrogens with one attached hydrogen (secondary N) is 2. The number of benzene rings is 1. The molecule has 1 atom stereocenters. The number of ether oxygens (including phenoxy) is 1. The van der Waals surface area contributed by atoms with Gasteiger partial charge in [-0.05, 0) is 39.8 Å². The highest BCUT2D eigenvalue weighted by atomic mass is 16.6. The van der Waals surface area contributed by atoms with Gasteiger partial charge in [0.15, 0.2) is 5.96 Å². The summed E-state index contributed by atoms with van der Waals surface area (Å²) in [5.74, 6) is 0.186. The van der Waals surface area contributed by atoms with Crippen molar-refractivity contribution in [3.8, 4) is 0 Å². The van der Waals surface area contributed by atoms with Gasteiger partial charge in [0.05, 0.1) is 6.04 Å². The maximum atomic E-state index is 12.3. The van der Waals surface area contributed by atoms with Gasteiger partial charge < -0.3 is 20.3 Å². The van der Waals surface area contributed by atoms with Crippen LogP contribution in [0.1, 0.15) is 34.1 Å². The van der Waals surface area contributed by atoms with Gasteiger partial charge in [0.25, 0.3) is 0 Å². The summed E-state index contributed by atoms with van der Waals surface area (Å²) < 4.78 is 5.26. The molecule has 0 aliphatic carbocycles. The van der Waals surface area contributed by atoms with E-state index in [0.717, 1.165) is 5.69 Å². The van der Waals surface area contributed by atoms with Crippen LogP contribution < -0.4 is 15.5 Å². The molecule has 0 aromatic heterocycles. The van der Waals surface area contributed by atoms with Crippen molar-refractivity contribution >= 4 is 23.5 Å². The molecule has 2 N–H and O–H groups in total. The standard InChI is InChI=1S/C19H28N4O3/c1-5-20-18(21-12-17(25)26-19(2,3)4)22-14-11-16(24)23(13-14)15-9-7-6-8-10-15/h6-10,14H,5,11-13H2,1-4H3,(H2,20,21,22). The molecule has 1 unspecified atom stereocenters. The number of guanidine groups is 1. The minimum Gasteiger partial charge on any atom is -0.459 e. The fourth-order valence-electron chi connectivity index (χ4n) is 2.69. The van der Waals surface area contributed by atoms with Crippen molar-refractivity contribution < 1.29 is 14.3 Å². The summed E-state index contributed by atoms with van der Waals surface area (Å²) in [5, 5.41) is 6.33. The minimum absolute atomic E-state index is 0.0664. The summed E-state index contributed by atoms with van der Waals surface area (Å²) >= 11 is 0. The third-order valence-electron chi connectivity index (χ3n) is 3.66. The molecular weight excluding hydrogens is 332 g/mol. The molecule has 1 aliphatic heterocycles. The van der Waals surface area contributed by atoms with E-state index in [1.54, 1.807) is 4.90 Å². The van der Waals surface area contributed by atoms with E-state index >= 15 is 0 Å². The maximum Gasteiger partial charge on any atom is 0.328 e. The number of nitrogens with zero attached hydrogens (tertiary/aromatic N) is 2. The predicted molar refractivity (Wildman–Crippen MR) is 102 cm³/mol. The molecule has 1 saturated heterocycles. The highest BCUT2D eigenvalue weighted by Crippen LogP contribution is 2.20. The maximum absolute atomic E-state index is 12.3. The van der Waals surface area contributed by atoms with E-state index in [9.17, 15) is 9.59 Å². The lowest BCUT2D eigenvalue weighted by molar-refractivity contribution is -0.152. The summed E-state index contributed by atoms with van der Waals surface area (Å²) in [4.78, 5) is 30.2. The first-order valence-electron chi connectivity index (χ1n) is 8.90. The van der Waals surface area contributed by atoms with Gasteiger partial charge in [-0.1, -0.05) is 18.2 Å². The second-order valence-corrected chi connectivity index (χ2v) is 7.17. The summed E-state index contributed by atoms with van der Waals surface area (Å²) in [5.41, 5.74) is 0.351. The first-order valence-corrected chi connectivity index (χ1v) is 8.90. The molecule has 2 rings (SSSR count). The Labute approximate surface area is 154 Å². The molecule has 1 aromatic carbocycles. The number of amides is 1. The van der Waals surface area contributed by atoms with Crippen LogP contribution in [0.2, 0.25) is 0 Å². The fraction of sp³-hybridized carbons (Fsp3) is 0.526. The normalized spacial score (nSPS) is 18.0. The Morgan fingerprint density at radius 3 is 2.62 bits per heavy atom. The largest absolute Gasteiger partial charge is 0.459 e. The molecule has 1 amide bonds. The molecule has 26 heavy (non-hydrogen) atoms. The molecule has 7 nitrogen and oxygen atoms in total. The number of rotatable bonds is 5. The van der Waals surface area contributed by atoms with Crippen LogP contribution in [-0.4, -0.2) is 49.1 Å². The van der Waals surface area contributed by atoms with E-state index in [0.29, 0.717) is 25.5 Å². The molecule has 1 aromatic rings. The van der Waals surface area contributed by atoms with E-state index < -0.39 is 5.60 Å². The van der Waals surface area contributed by atoms with Crippen molar-refractivity contribution in [2.75, 3.05) is 24.5 Å². The van der Waals surface area contributed by atoms with E-state index in [4.69, 9.17) is 4.74 Å². The van der Waals surface area contributed by atoms with Crippen molar-refractivity contribution in [3.05, 3.63) is 30.3 Å². The van der Waals surface area contributed by atoms with E-state index in [-0.39, 0.29) is 24.5 Å². The average Bonchev–Trinajstić information content (AvgIpc) is 2.92. The predicted octanol–water partition coefficient (Wildman–Crippen LogP) is 1.69. The number of esters is 1. The summed E-state index contributed by atoms with van der Waals surface area (Å²) in [6, 6.07) is 9.52. The van der Waals surface area contributed by atoms with Gasteiger partial charge >= 0.3 is 5.97 Å². The smallest absolute Gasteiger partial charge is 0.328 e. The molecule has 1 heterocycles.